The zero-order valence-electron chi connectivity index (χ0n) is 36.7. The first-order chi connectivity index (χ1) is 32.2. The molecule has 2 saturated carbocycles. The number of fused-ring (bicyclic) bond motifs is 2. The van der Waals surface area contributed by atoms with Gasteiger partial charge in [-0.3, -0.25) is 14.2 Å². The first-order valence-corrected chi connectivity index (χ1v) is 22.1. The van der Waals surface area contributed by atoms with E-state index in [-0.39, 0.29) is 23.1 Å². The number of pyridine rings is 2. The summed E-state index contributed by atoms with van der Waals surface area (Å²) < 4.78 is 15.1. The van der Waals surface area contributed by atoms with Crippen molar-refractivity contribution in [3.05, 3.63) is 155 Å². The summed E-state index contributed by atoms with van der Waals surface area (Å²) in [5.41, 5.74) is 7.05. The van der Waals surface area contributed by atoms with Crippen molar-refractivity contribution in [2.75, 3.05) is 0 Å². The van der Waals surface area contributed by atoms with Crippen molar-refractivity contribution in [1.82, 2.24) is 68.2 Å². The normalized spacial score (nSPS) is 13.8. The maximum Gasteiger partial charge on any atom is 0.267 e. The Bertz CT molecular complexity index is 3310. The van der Waals surface area contributed by atoms with E-state index in [1.807, 2.05) is 91.3 Å². The van der Waals surface area contributed by atoms with Gasteiger partial charge in [-0.25, -0.2) is 24.9 Å². The second kappa shape index (κ2) is 16.4. The minimum absolute atomic E-state index is 0.129. The Morgan fingerprint density at radius 1 is 0.606 bits per heavy atom. The van der Waals surface area contributed by atoms with E-state index in [0.717, 1.165) is 22.8 Å². The fourth-order valence-corrected chi connectivity index (χ4v) is 8.03. The lowest BCUT2D eigenvalue weighted by atomic mass is 10.1. The number of benzene rings is 2. The van der Waals surface area contributed by atoms with E-state index in [4.69, 9.17) is 14.4 Å². The quantitative estimate of drug-likeness (QED) is 0.128. The number of rotatable bonds is 10. The van der Waals surface area contributed by atoms with Gasteiger partial charge in [0.2, 0.25) is 5.43 Å². The van der Waals surface area contributed by atoms with Gasteiger partial charge in [0.25, 0.3) is 5.56 Å². The highest BCUT2D eigenvalue weighted by atomic mass is 16.3. The Morgan fingerprint density at radius 3 is 1.80 bits per heavy atom. The maximum atomic E-state index is 13.5. The van der Waals surface area contributed by atoms with Gasteiger partial charge in [0.05, 0.1) is 51.6 Å². The van der Waals surface area contributed by atoms with E-state index in [2.05, 4.69) is 63.0 Å². The van der Waals surface area contributed by atoms with Crippen LogP contribution in [0.1, 0.15) is 88.7 Å². The average Bonchev–Trinajstić information content (AvgIpc) is 4.05. The third-order valence-corrected chi connectivity index (χ3v) is 12.0. The average molecular weight is 877 g/mol. The number of hydrogen-bond donors (Lipinski definition) is 0. The summed E-state index contributed by atoms with van der Waals surface area (Å²) in [6, 6.07) is 22.7. The highest BCUT2D eigenvalue weighted by molar-refractivity contribution is 5.83. The Hall–Kier alpha value is -8.21. The Morgan fingerprint density at radius 2 is 1.18 bits per heavy atom. The molecule has 0 amide bonds. The van der Waals surface area contributed by atoms with Crippen molar-refractivity contribution < 1.29 is 4.42 Å². The van der Waals surface area contributed by atoms with Crippen molar-refractivity contribution in [3.8, 4) is 51.5 Å². The van der Waals surface area contributed by atoms with Gasteiger partial charge >= 0.3 is 0 Å². The van der Waals surface area contributed by atoms with Crippen molar-refractivity contribution in [2.45, 2.75) is 77.3 Å². The Balaban J connectivity index is 0.000000146. The first-order valence-electron chi connectivity index (χ1n) is 22.1. The van der Waals surface area contributed by atoms with Gasteiger partial charge in [-0.05, 0) is 114 Å². The molecule has 12 rings (SSSR count). The molecule has 0 radical (unpaired) electrons. The lowest BCUT2D eigenvalue weighted by Gasteiger charge is -2.11. The van der Waals surface area contributed by atoms with E-state index in [1.54, 1.807) is 37.4 Å². The predicted octanol–water partition coefficient (Wildman–Crippen LogP) is 8.44. The second-order valence-corrected chi connectivity index (χ2v) is 17.3. The van der Waals surface area contributed by atoms with E-state index < -0.39 is 0 Å². The van der Waals surface area contributed by atoms with Crippen LogP contribution < -0.4 is 11.0 Å². The standard InChI is InChI=1S/C25H22N6O2.C24H22N8O/c1-15(2)31-14-27-29-25(31)21-5-3-4-20(28-21)19-12-33-23-9-8-17(10-18(23)24(19)32)30-11-22(26-13-30)16-6-7-16;1-15(2)31-14-27-29-23(31)20-4-3-5-22(28-20)32-13-26-19-9-8-17(10-18(19)24(32)33)30-11-21(25-12-30)16-6-7-16/h2*3-5,8-16H,6-7H2,1-2H3. The molecule has 0 saturated heterocycles. The molecule has 2 aromatic carbocycles. The molecule has 17 heteroatoms. The Kier molecular flexibility index (Phi) is 10.1. The fraction of sp³-hybridized carbons (Fsp3) is 0.245. The Labute approximate surface area is 377 Å². The van der Waals surface area contributed by atoms with Crippen LogP contribution in [0.2, 0.25) is 0 Å². The molecule has 8 aromatic heterocycles. The molecule has 328 valence electrons. The van der Waals surface area contributed by atoms with Gasteiger partial charge in [0.15, 0.2) is 11.6 Å². The summed E-state index contributed by atoms with van der Waals surface area (Å²) in [6.45, 7) is 8.22. The number of imidazole rings is 2. The molecule has 2 aliphatic rings. The van der Waals surface area contributed by atoms with Crippen LogP contribution in [0.5, 0.6) is 0 Å². The lowest BCUT2D eigenvalue weighted by Crippen LogP contribution is -2.20. The van der Waals surface area contributed by atoms with E-state index in [1.165, 1.54) is 42.8 Å². The third kappa shape index (κ3) is 7.67. The molecule has 0 bridgehead atoms. The van der Waals surface area contributed by atoms with Crippen molar-refractivity contribution in [2.24, 2.45) is 0 Å². The van der Waals surface area contributed by atoms with Gasteiger partial charge in [-0.1, -0.05) is 12.1 Å². The van der Waals surface area contributed by atoms with E-state index in [9.17, 15) is 9.59 Å². The van der Waals surface area contributed by atoms with Crippen LogP contribution in [0.4, 0.5) is 0 Å². The lowest BCUT2D eigenvalue weighted by molar-refractivity contribution is 0.602. The largest absolute Gasteiger partial charge is 0.463 e. The highest BCUT2D eigenvalue weighted by Gasteiger charge is 2.27. The smallest absolute Gasteiger partial charge is 0.267 e. The van der Waals surface area contributed by atoms with Crippen molar-refractivity contribution in [3.63, 3.8) is 0 Å². The molecule has 10 aromatic rings. The van der Waals surface area contributed by atoms with Crippen molar-refractivity contribution in [1.29, 1.82) is 0 Å². The number of aromatic nitrogens is 14. The monoisotopic (exact) mass is 876 g/mol. The summed E-state index contributed by atoms with van der Waals surface area (Å²) in [5, 5.41) is 17.5. The van der Waals surface area contributed by atoms with Crippen LogP contribution in [-0.4, -0.2) is 68.2 Å². The summed E-state index contributed by atoms with van der Waals surface area (Å²) in [7, 11) is 0. The van der Waals surface area contributed by atoms with Crippen LogP contribution in [0, 0.1) is 0 Å². The molecule has 0 spiro atoms. The van der Waals surface area contributed by atoms with Gasteiger partial charge in [0.1, 0.15) is 48.0 Å². The molecule has 0 atom stereocenters. The highest BCUT2D eigenvalue weighted by Crippen LogP contribution is 2.40. The van der Waals surface area contributed by atoms with Crippen LogP contribution in [0.15, 0.2) is 137 Å². The minimum Gasteiger partial charge on any atom is -0.463 e. The third-order valence-electron chi connectivity index (χ3n) is 12.0. The molecular formula is C49H44N14O3. The summed E-state index contributed by atoms with van der Waals surface area (Å²) in [4.78, 5) is 49.8. The molecule has 0 unspecified atom stereocenters. The van der Waals surface area contributed by atoms with E-state index >= 15 is 0 Å². The van der Waals surface area contributed by atoms with Gasteiger partial charge in [-0.2, -0.15) is 0 Å². The zero-order valence-corrected chi connectivity index (χ0v) is 36.7. The van der Waals surface area contributed by atoms with Gasteiger partial charge in [0, 0.05) is 47.7 Å². The van der Waals surface area contributed by atoms with E-state index in [0.29, 0.717) is 73.8 Å². The molecular weight excluding hydrogens is 833 g/mol. The van der Waals surface area contributed by atoms with Crippen molar-refractivity contribution >= 4 is 21.9 Å². The van der Waals surface area contributed by atoms with Gasteiger partial charge in [-0.15, -0.1) is 20.4 Å². The van der Waals surface area contributed by atoms with Crippen LogP contribution in [0.3, 0.4) is 0 Å². The topological polar surface area (TPSA) is 188 Å². The zero-order chi connectivity index (χ0) is 45.1. The molecule has 2 aliphatic carbocycles. The first kappa shape index (κ1) is 40.6. The summed E-state index contributed by atoms with van der Waals surface area (Å²) in [6.07, 6.45) is 18.8. The molecule has 0 N–H and O–H groups in total. The van der Waals surface area contributed by atoms with Gasteiger partial charge < -0.3 is 22.7 Å². The van der Waals surface area contributed by atoms with Crippen LogP contribution in [-0.2, 0) is 0 Å². The molecule has 0 aliphatic heterocycles. The minimum atomic E-state index is -0.181. The molecule has 8 heterocycles. The fourth-order valence-electron chi connectivity index (χ4n) is 8.03. The second-order valence-electron chi connectivity index (χ2n) is 17.3. The predicted molar refractivity (Wildman–Crippen MR) is 248 cm³/mol. The SMILES string of the molecule is CC(C)n1cnnc1-c1cccc(-c2coc3ccc(-n4cnc(C5CC5)c4)cc3c2=O)n1.CC(C)n1cnnc1-c1cccc(-n2cnc3ccc(-n4cnc(C5CC5)c4)cc3c2=O)n1. The van der Waals surface area contributed by atoms with Crippen LogP contribution in [0.25, 0.3) is 73.4 Å². The molecule has 66 heavy (non-hydrogen) atoms. The number of hydrogen-bond acceptors (Lipinski definition) is 12. The molecule has 2 fully saturated rings. The maximum absolute atomic E-state index is 13.5. The summed E-state index contributed by atoms with van der Waals surface area (Å²) >= 11 is 0. The number of nitrogens with zero attached hydrogens (tertiary/aromatic N) is 14. The summed E-state index contributed by atoms with van der Waals surface area (Å²) in [5.74, 6) is 2.94. The molecule has 17 nitrogen and oxygen atoms in total. The van der Waals surface area contributed by atoms with Crippen LogP contribution >= 0.6 is 0 Å².